The maximum Gasteiger partial charge on any atom is 0.165 e. The SMILES string of the molecule is Fc1ccc(F)c2c1OCC[C@H]2NCc1cccnc1. The van der Waals surface area contributed by atoms with Crippen LogP contribution in [0.2, 0.25) is 0 Å². The minimum atomic E-state index is -0.519. The number of ether oxygens (including phenoxy) is 1. The summed E-state index contributed by atoms with van der Waals surface area (Å²) in [5.74, 6) is -0.931. The van der Waals surface area contributed by atoms with Crippen molar-refractivity contribution < 1.29 is 13.5 Å². The molecule has 0 saturated heterocycles. The molecule has 2 heterocycles. The van der Waals surface area contributed by atoms with Gasteiger partial charge >= 0.3 is 0 Å². The molecule has 3 rings (SSSR count). The topological polar surface area (TPSA) is 34.1 Å². The smallest absolute Gasteiger partial charge is 0.165 e. The number of pyridine rings is 1. The van der Waals surface area contributed by atoms with Crippen LogP contribution in [0.4, 0.5) is 8.78 Å². The molecule has 0 saturated carbocycles. The second-order valence-corrected chi connectivity index (χ2v) is 4.70. The summed E-state index contributed by atoms with van der Waals surface area (Å²) in [4.78, 5) is 4.03. The highest BCUT2D eigenvalue weighted by atomic mass is 19.1. The van der Waals surface area contributed by atoms with Gasteiger partial charge in [0.2, 0.25) is 0 Å². The van der Waals surface area contributed by atoms with Crippen LogP contribution in [-0.2, 0) is 6.54 Å². The molecule has 1 aliphatic rings. The van der Waals surface area contributed by atoms with Crippen molar-refractivity contribution in [2.45, 2.75) is 19.0 Å². The lowest BCUT2D eigenvalue weighted by Gasteiger charge is -2.27. The number of hydrogen-bond acceptors (Lipinski definition) is 3. The number of nitrogens with zero attached hydrogens (tertiary/aromatic N) is 1. The monoisotopic (exact) mass is 276 g/mol. The third-order valence-electron chi connectivity index (χ3n) is 3.37. The Labute approximate surface area is 115 Å². The van der Waals surface area contributed by atoms with E-state index in [-0.39, 0.29) is 17.4 Å². The van der Waals surface area contributed by atoms with Gasteiger partial charge in [-0.3, -0.25) is 4.98 Å². The van der Waals surface area contributed by atoms with Crippen molar-refractivity contribution in [2.75, 3.05) is 6.61 Å². The Bertz CT molecular complexity index is 604. The van der Waals surface area contributed by atoms with Crippen molar-refractivity contribution in [1.82, 2.24) is 10.3 Å². The molecule has 104 valence electrons. The van der Waals surface area contributed by atoms with Crippen LogP contribution in [0, 0.1) is 11.6 Å². The van der Waals surface area contributed by atoms with Crippen molar-refractivity contribution in [3.63, 3.8) is 0 Å². The molecule has 3 nitrogen and oxygen atoms in total. The quantitative estimate of drug-likeness (QED) is 0.935. The number of benzene rings is 1. The number of hydrogen-bond donors (Lipinski definition) is 1. The molecular formula is C15H14F2N2O. The average Bonchev–Trinajstić information content (AvgIpc) is 2.50. The van der Waals surface area contributed by atoms with E-state index in [0.29, 0.717) is 19.6 Å². The molecule has 1 aromatic carbocycles. The Morgan fingerprint density at radius 3 is 2.90 bits per heavy atom. The van der Waals surface area contributed by atoms with E-state index in [1.165, 1.54) is 0 Å². The van der Waals surface area contributed by atoms with E-state index >= 15 is 0 Å². The molecule has 0 unspecified atom stereocenters. The minimum Gasteiger partial charge on any atom is -0.490 e. The van der Waals surface area contributed by atoms with Crippen LogP contribution in [0.15, 0.2) is 36.7 Å². The molecule has 0 aliphatic carbocycles. The molecule has 1 aromatic heterocycles. The maximum atomic E-state index is 13.9. The zero-order valence-corrected chi connectivity index (χ0v) is 10.8. The van der Waals surface area contributed by atoms with Crippen molar-refractivity contribution >= 4 is 0 Å². The molecule has 1 N–H and O–H groups in total. The average molecular weight is 276 g/mol. The van der Waals surface area contributed by atoms with Crippen LogP contribution in [0.1, 0.15) is 23.6 Å². The Balaban J connectivity index is 1.82. The fourth-order valence-electron chi connectivity index (χ4n) is 2.39. The molecule has 5 heteroatoms. The highest BCUT2D eigenvalue weighted by Gasteiger charge is 2.27. The number of halogens is 2. The molecule has 2 aromatic rings. The Morgan fingerprint density at radius 1 is 1.25 bits per heavy atom. The molecule has 0 amide bonds. The fourth-order valence-corrected chi connectivity index (χ4v) is 2.39. The second-order valence-electron chi connectivity index (χ2n) is 4.70. The first kappa shape index (κ1) is 13.0. The van der Waals surface area contributed by atoms with Gasteiger partial charge < -0.3 is 10.1 Å². The molecular weight excluding hydrogens is 262 g/mol. The number of aromatic nitrogens is 1. The zero-order valence-electron chi connectivity index (χ0n) is 10.8. The van der Waals surface area contributed by atoms with Gasteiger partial charge in [-0.2, -0.15) is 0 Å². The lowest BCUT2D eigenvalue weighted by Crippen LogP contribution is -2.28. The maximum absolute atomic E-state index is 13.9. The lowest BCUT2D eigenvalue weighted by atomic mass is 9.99. The zero-order chi connectivity index (χ0) is 13.9. The van der Waals surface area contributed by atoms with Crippen LogP contribution in [0.5, 0.6) is 5.75 Å². The van der Waals surface area contributed by atoms with Gasteiger partial charge in [0.1, 0.15) is 5.82 Å². The number of rotatable bonds is 3. The number of fused-ring (bicyclic) bond motifs is 1. The summed E-state index contributed by atoms with van der Waals surface area (Å²) in [7, 11) is 0. The van der Waals surface area contributed by atoms with Gasteiger partial charge in [-0.25, -0.2) is 8.78 Å². The van der Waals surface area contributed by atoms with Crippen molar-refractivity contribution in [2.24, 2.45) is 0 Å². The Morgan fingerprint density at radius 2 is 2.10 bits per heavy atom. The summed E-state index contributed by atoms with van der Waals surface area (Å²) in [5, 5.41) is 3.24. The van der Waals surface area contributed by atoms with Crippen molar-refractivity contribution in [3.05, 3.63) is 59.4 Å². The highest BCUT2D eigenvalue weighted by molar-refractivity contribution is 5.40. The standard InChI is InChI=1S/C15H14F2N2O/c16-11-3-4-12(17)15-14(11)13(5-7-20-15)19-9-10-2-1-6-18-8-10/h1-4,6,8,13,19H,5,7,9H2/t13-/m1/s1. The van der Waals surface area contributed by atoms with Gasteiger partial charge in [-0.1, -0.05) is 6.07 Å². The Hall–Kier alpha value is -2.01. The van der Waals surface area contributed by atoms with Crippen LogP contribution < -0.4 is 10.1 Å². The summed E-state index contributed by atoms with van der Waals surface area (Å²) >= 11 is 0. The van der Waals surface area contributed by atoms with E-state index in [9.17, 15) is 8.78 Å². The Kier molecular flexibility index (Phi) is 3.60. The summed E-state index contributed by atoms with van der Waals surface area (Å²) in [6.07, 6.45) is 4.05. The van der Waals surface area contributed by atoms with Gasteiger partial charge in [0.15, 0.2) is 11.6 Å². The molecule has 1 atom stereocenters. The summed E-state index contributed by atoms with van der Waals surface area (Å²) in [5.41, 5.74) is 1.28. The molecule has 0 fully saturated rings. The van der Waals surface area contributed by atoms with Gasteiger partial charge in [0.05, 0.1) is 6.61 Å². The van der Waals surface area contributed by atoms with E-state index in [1.807, 2.05) is 12.1 Å². The molecule has 0 spiro atoms. The van der Waals surface area contributed by atoms with Crippen molar-refractivity contribution in [3.8, 4) is 5.75 Å². The van der Waals surface area contributed by atoms with E-state index < -0.39 is 11.6 Å². The predicted octanol–water partition coefficient (Wildman–Crippen LogP) is 2.97. The predicted molar refractivity (Wildman–Crippen MR) is 70.3 cm³/mol. The minimum absolute atomic E-state index is 0.0277. The summed E-state index contributed by atoms with van der Waals surface area (Å²) in [6, 6.07) is 5.76. The van der Waals surface area contributed by atoms with Crippen LogP contribution in [0.3, 0.4) is 0 Å². The first-order chi connectivity index (χ1) is 9.75. The molecule has 0 radical (unpaired) electrons. The van der Waals surface area contributed by atoms with E-state index in [0.717, 1.165) is 17.7 Å². The van der Waals surface area contributed by atoms with Gasteiger partial charge in [0.25, 0.3) is 0 Å². The van der Waals surface area contributed by atoms with E-state index in [4.69, 9.17) is 4.74 Å². The van der Waals surface area contributed by atoms with E-state index in [2.05, 4.69) is 10.3 Å². The van der Waals surface area contributed by atoms with Gasteiger partial charge in [-0.05, 0) is 23.8 Å². The van der Waals surface area contributed by atoms with Gasteiger partial charge in [0, 0.05) is 37.0 Å². The molecule has 1 aliphatic heterocycles. The van der Waals surface area contributed by atoms with Crippen molar-refractivity contribution in [1.29, 1.82) is 0 Å². The van der Waals surface area contributed by atoms with Crippen LogP contribution in [0.25, 0.3) is 0 Å². The van der Waals surface area contributed by atoms with Crippen LogP contribution in [-0.4, -0.2) is 11.6 Å². The first-order valence-corrected chi connectivity index (χ1v) is 6.48. The number of nitrogens with one attached hydrogen (secondary N) is 1. The fraction of sp³-hybridized carbons (Fsp3) is 0.267. The second kappa shape index (κ2) is 5.54. The third kappa shape index (κ3) is 2.49. The molecule has 20 heavy (non-hydrogen) atoms. The van der Waals surface area contributed by atoms with E-state index in [1.54, 1.807) is 12.4 Å². The molecule has 0 bridgehead atoms. The normalized spacial score (nSPS) is 17.4. The van der Waals surface area contributed by atoms with Gasteiger partial charge in [-0.15, -0.1) is 0 Å². The third-order valence-corrected chi connectivity index (χ3v) is 3.37. The van der Waals surface area contributed by atoms with Crippen LogP contribution >= 0.6 is 0 Å². The first-order valence-electron chi connectivity index (χ1n) is 6.48. The summed E-state index contributed by atoms with van der Waals surface area (Å²) in [6.45, 7) is 0.923. The lowest BCUT2D eigenvalue weighted by molar-refractivity contribution is 0.235. The summed E-state index contributed by atoms with van der Waals surface area (Å²) < 4.78 is 32.8. The highest BCUT2D eigenvalue weighted by Crippen LogP contribution is 2.36. The largest absolute Gasteiger partial charge is 0.490 e.